The largest absolute Gasteiger partial charge is 0.311 e. The number of fused-ring (bicyclic) bond motifs is 14. The smallest absolute Gasteiger partial charge is 0.240 e. The fourth-order valence-corrected chi connectivity index (χ4v) is 10.2. The normalized spacial score (nSPS) is 14.6. The molecule has 284 valence electrons. The lowest BCUT2D eigenvalue weighted by atomic mass is 9.98. The van der Waals surface area contributed by atoms with E-state index in [0.29, 0.717) is 17.8 Å². The number of hydrogen-bond donors (Lipinski definition) is 0. The van der Waals surface area contributed by atoms with Crippen LogP contribution >= 0.6 is 11.6 Å². The van der Waals surface area contributed by atoms with Crippen LogP contribution in [0.3, 0.4) is 0 Å². The Balaban J connectivity index is 1.18. The molecule has 0 radical (unpaired) electrons. The Labute approximate surface area is 348 Å². The standard InChI is InChI=1S/C52H34ClN7/c1-31-15-5-10-22-41(31)58-43-24-12-7-19-34(43)38-28-30-40-36-21-9-14-26-45(36)60(49(40)47(38)58)52-55-50(53)54-51(56-52)59-44-25-13-8-20-35(44)39-29-27-37-33-18-6-11-23-42(33)57(46(37)48(39)59)32-16-3-2-4-17-32/h2-14,16-31H,15H2,1H3. The summed E-state index contributed by atoms with van der Waals surface area (Å²) >= 11 is 7.14. The van der Waals surface area contributed by atoms with Crippen LogP contribution < -0.4 is 0 Å². The molecule has 1 unspecified atom stereocenters. The fraction of sp³-hybridized carbons (Fsp3) is 0.0577. The molecule has 0 fully saturated rings. The third kappa shape index (κ3) is 4.52. The van der Waals surface area contributed by atoms with Gasteiger partial charge < -0.3 is 9.13 Å². The van der Waals surface area contributed by atoms with E-state index in [1.165, 1.54) is 27.4 Å². The molecule has 7 aromatic carbocycles. The second-order valence-electron chi connectivity index (χ2n) is 15.8. The minimum atomic E-state index is 0.115. The van der Waals surface area contributed by atoms with Gasteiger partial charge in [-0.15, -0.1) is 0 Å². The van der Waals surface area contributed by atoms with E-state index in [1.807, 2.05) is 0 Å². The molecule has 0 N–H and O–H groups in total. The summed E-state index contributed by atoms with van der Waals surface area (Å²) in [5, 5.41) is 9.23. The van der Waals surface area contributed by atoms with Crippen LogP contribution in [0.1, 0.15) is 13.3 Å². The van der Waals surface area contributed by atoms with Crippen molar-refractivity contribution in [3.63, 3.8) is 0 Å². The molecular weight excluding hydrogens is 758 g/mol. The molecule has 0 bridgehead atoms. The van der Waals surface area contributed by atoms with E-state index in [1.54, 1.807) is 0 Å². The van der Waals surface area contributed by atoms with Gasteiger partial charge in [0.1, 0.15) is 0 Å². The van der Waals surface area contributed by atoms with Gasteiger partial charge in [-0.2, -0.15) is 15.0 Å². The lowest BCUT2D eigenvalue weighted by Crippen LogP contribution is -2.11. The van der Waals surface area contributed by atoms with Crippen molar-refractivity contribution >= 4 is 105 Å². The number of allylic oxidation sites excluding steroid dienone is 4. The molecule has 13 rings (SSSR count). The molecule has 0 saturated carbocycles. The summed E-state index contributed by atoms with van der Waals surface area (Å²) in [5.41, 5.74) is 10.8. The number of hydrogen-bond acceptors (Lipinski definition) is 3. The van der Waals surface area contributed by atoms with Crippen molar-refractivity contribution in [1.29, 1.82) is 0 Å². The Morgan fingerprint density at radius 2 is 0.833 bits per heavy atom. The Bertz CT molecular complexity index is 3840. The van der Waals surface area contributed by atoms with E-state index in [2.05, 4.69) is 195 Å². The maximum atomic E-state index is 7.14. The minimum Gasteiger partial charge on any atom is -0.311 e. The highest BCUT2D eigenvalue weighted by molar-refractivity contribution is 6.29. The molecule has 0 saturated heterocycles. The van der Waals surface area contributed by atoms with Crippen LogP contribution in [0.15, 0.2) is 170 Å². The molecule has 60 heavy (non-hydrogen) atoms. The van der Waals surface area contributed by atoms with Crippen molar-refractivity contribution in [2.45, 2.75) is 13.3 Å². The number of aromatic nitrogens is 7. The van der Waals surface area contributed by atoms with E-state index in [0.717, 1.165) is 77.7 Å². The Kier molecular flexibility index (Phi) is 6.98. The summed E-state index contributed by atoms with van der Waals surface area (Å²) in [4.78, 5) is 15.4. The van der Waals surface area contributed by atoms with Gasteiger partial charge in [0.15, 0.2) is 0 Å². The van der Waals surface area contributed by atoms with Crippen molar-refractivity contribution < 1.29 is 0 Å². The second-order valence-corrected chi connectivity index (χ2v) is 16.2. The summed E-state index contributed by atoms with van der Waals surface area (Å²) in [6, 6.07) is 53.9. The SMILES string of the molecule is CC1CC=CC=C1n1c2ccccc2c2ccc3c4ccccc4n(-c4nc(Cl)nc(-n5c6ccccc6c6ccc7c8ccccc8n(-c8ccccc8)c7c65)n4)c3c21. The lowest BCUT2D eigenvalue weighted by molar-refractivity contribution is 0.725. The second kappa shape index (κ2) is 12.5. The molecule has 7 nitrogen and oxygen atoms in total. The van der Waals surface area contributed by atoms with Gasteiger partial charge in [-0.3, -0.25) is 9.13 Å². The number of benzene rings is 7. The predicted octanol–water partition coefficient (Wildman–Crippen LogP) is 13.4. The van der Waals surface area contributed by atoms with Gasteiger partial charge in [-0.1, -0.05) is 134 Å². The predicted molar refractivity (Wildman–Crippen MR) is 248 cm³/mol. The molecule has 12 aromatic rings. The van der Waals surface area contributed by atoms with E-state index in [-0.39, 0.29) is 5.28 Å². The van der Waals surface area contributed by atoms with Crippen molar-refractivity contribution in [2.75, 3.05) is 0 Å². The maximum Gasteiger partial charge on any atom is 0.240 e. The monoisotopic (exact) mass is 791 g/mol. The molecule has 1 aliphatic rings. The van der Waals surface area contributed by atoms with Crippen molar-refractivity contribution in [3.05, 3.63) is 175 Å². The minimum absolute atomic E-state index is 0.115. The number of rotatable bonds is 4. The molecule has 0 spiro atoms. The van der Waals surface area contributed by atoms with Gasteiger partial charge in [-0.05, 0) is 60.5 Å². The van der Waals surface area contributed by atoms with Crippen LogP contribution in [0.5, 0.6) is 0 Å². The molecule has 1 aliphatic carbocycles. The van der Waals surface area contributed by atoms with E-state index in [4.69, 9.17) is 26.6 Å². The average Bonchev–Trinajstić information content (AvgIpc) is 4.02. The average molecular weight is 792 g/mol. The zero-order chi connectivity index (χ0) is 39.6. The van der Waals surface area contributed by atoms with E-state index >= 15 is 0 Å². The quantitative estimate of drug-likeness (QED) is 0.178. The zero-order valence-electron chi connectivity index (χ0n) is 32.5. The molecule has 0 amide bonds. The van der Waals surface area contributed by atoms with Gasteiger partial charge >= 0.3 is 0 Å². The topological polar surface area (TPSA) is 58.4 Å². The molecule has 0 aliphatic heterocycles. The highest BCUT2D eigenvalue weighted by Gasteiger charge is 2.27. The van der Waals surface area contributed by atoms with Gasteiger partial charge in [0.2, 0.25) is 17.2 Å². The molecule has 8 heteroatoms. The summed E-state index contributed by atoms with van der Waals surface area (Å²) in [7, 11) is 0. The number of nitrogens with zero attached hydrogens (tertiary/aromatic N) is 7. The third-order valence-electron chi connectivity index (χ3n) is 12.6. The highest BCUT2D eigenvalue weighted by Crippen LogP contribution is 2.44. The summed E-state index contributed by atoms with van der Waals surface area (Å²) < 4.78 is 9.22. The van der Waals surface area contributed by atoms with Gasteiger partial charge in [0, 0.05) is 60.4 Å². The van der Waals surface area contributed by atoms with E-state index in [9.17, 15) is 0 Å². The van der Waals surface area contributed by atoms with Gasteiger partial charge in [-0.25, -0.2) is 0 Å². The van der Waals surface area contributed by atoms with Crippen molar-refractivity contribution in [1.82, 2.24) is 33.2 Å². The van der Waals surface area contributed by atoms with Gasteiger partial charge in [0.05, 0.1) is 44.1 Å². The molecular formula is C52H34ClN7. The maximum absolute atomic E-state index is 7.14. The van der Waals surface area contributed by atoms with Crippen LogP contribution in [0.25, 0.3) is 111 Å². The lowest BCUT2D eigenvalue weighted by Gasteiger charge is -2.21. The molecule has 5 aromatic heterocycles. The highest BCUT2D eigenvalue weighted by atomic mass is 35.5. The van der Waals surface area contributed by atoms with Crippen LogP contribution in [-0.2, 0) is 0 Å². The first-order chi connectivity index (χ1) is 29.6. The number of halogens is 1. The first-order valence-electron chi connectivity index (χ1n) is 20.4. The van der Waals surface area contributed by atoms with E-state index < -0.39 is 0 Å². The van der Waals surface area contributed by atoms with Crippen LogP contribution in [0.4, 0.5) is 0 Å². The van der Waals surface area contributed by atoms with Crippen LogP contribution in [0.2, 0.25) is 5.28 Å². The Morgan fingerprint density at radius 3 is 1.32 bits per heavy atom. The Hall–Kier alpha value is -7.48. The van der Waals surface area contributed by atoms with Crippen LogP contribution in [0, 0.1) is 5.92 Å². The first-order valence-corrected chi connectivity index (χ1v) is 20.8. The summed E-state index contributed by atoms with van der Waals surface area (Å²) in [6.45, 7) is 2.31. The summed E-state index contributed by atoms with van der Waals surface area (Å²) in [6.07, 6.45) is 7.68. The zero-order valence-corrected chi connectivity index (χ0v) is 33.2. The molecule has 1 atom stereocenters. The molecule has 5 heterocycles. The van der Waals surface area contributed by atoms with Crippen molar-refractivity contribution in [2.24, 2.45) is 5.92 Å². The first kappa shape index (κ1) is 33.5. The summed E-state index contributed by atoms with van der Waals surface area (Å²) in [5.74, 6) is 1.22. The van der Waals surface area contributed by atoms with Gasteiger partial charge in [0.25, 0.3) is 0 Å². The Morgan fingerprint density at radius 1 is 0.433 bits per heavy atom. The van der Waals surface area contributed by atoms with Crippen LogP contribution in [-0.4, -0.2) is 33.2 Å². The van der Waals surface area contributed by atoms with Crippen molar-refractivity contribution in [3.8, 4) is 17.6 Å². The third-order valence-corrected chi connectivity index (χ3v) is 12.8. The number of para-hydroxylation sites is 5. The fourth-order valence-electron chi connectivity index (χ4n) is 10.1.